The standard InChI is InChI=1S/C16H32FN3/c1-14(2)19-7-5-16(17,6-8-19)13-18-9-11-20(12-10-18)15(3)4/h14-15H,5-13H2,1-4H3. The third-order valence-corrected chi connectivity index (χ3v) is 5.07. The summed E-state index contributed by atoms with van der Waals surface area (Å²) in [5.41, 5.74) is -0.953. The van der Waals surface area contributed by atoms with Crippen molar-refractivity contribution >= 4 is 0 Å². The Labute approximate surface area is 124 Å². The third-order valence-electron chi connectivity index (χ3n) is 5.07. The lowest BCUT2D eigenvalue weighted by Gasteiger charge is -2.43. The van der Waals surface area contributed by atoms with E-state index in [1.165, 1.54) is 0 Å². The number of halogens is 1. The predicted molar refractivity (Wildman–Crippen MR) is 82.9 cm³/mol. The van der Waals surface area contributed by atoms with Crippen LogP contribution in [0.4, 0.5) is 4.39 Å². The van der Waals surface area contributed by atoms with Crippen molar-refractivity contribution in [2.75, 3.05) is 45.8 Å². The fraction of sp³-hybridized carbons (Fsp3) is 1.00. The van der Waals surface area contributed by atoms with Gasteiger partial charge in [0.2, 0.25) is 0 Å². The Kier molecular flexibility index (Phi) is 5.43. The summed E-state index contributed by atoms with van der Waals surface area (Å²) < 4.78 is 15.0. The molecule has 0 aromatic rings. The highest BCUT2D eigenvalue weighted by Gasteiger charge is 2.37. The van der Waals surface area contributed by atoms with Gasteiger partial charge >= 0.3 is 0 Å². The molecular formula is C16H32FN3. The second-order valence-electron chi connectivity index (χ2n) is 7.19. The molecule has 2 aliphatic heterocycles. The molecule has 2 saturated heterocycles. The van der Waals surface area contributed by atoms with E-state index in [0.717, 1.165) is 39.3 Å². The van der Waals surface area contributed by atoms with Gasteiger partial charge in [-0.15, -0.1) is 0 Å². The molecular weight excluding hydrogens is 253 g/mol. The van der Waals surface area contributed by atoms with Gasteiger partial charge in [0.15, 0.2) is 0 Å². The highest BCUT2D eigenvalue weighted by Crippen LogP contribution is 2.29. The Morgan fingerprint density at radius 3 is 1.70 bits per heavy atom. The van der Waals surface area contributed by atoms with Crippen molar-refractivity contribution in [1.82, 2.24) is 14.7 Å². The van der Waals surface area contributed by atoms with Gasteiger partial charge in [-0.05, 0) is 40.5 Å². The largest absolute Gasteiger partial charge is 0.301 e. The van der Waals surface area contributed by atoms with Crippen molar-refractivity contribution in [3.63, 3.8) is 0 Å². The first kappa shape index (κ1) is 16.2. The van der Waals surface area contributed by atoms with Crippen LogP contribution in [0.5, 0.6) is 0 Å². The van der Waals surface area contributed by atoms with E-state index in [9.17, 15) is 4.39 Å². The highest BCUT2D eigenvalue weighted by molar-refractivity contribution is 4.91. The molecule has 0 unspecified atom stereocenters. The molecule has 20 heavy (non-hydrogen) atoms. The van der Waals surface area contributed by atoms with Crippen LogP contribution in [0.3, 0.4) is 0 Å². The molecule has 0 N–H and O–H groups in total. The molecule has 3 nitrogen and oxygen atoms in total. The van der Waals surface area contributed by atoms with E-state index in [0.29, 0.717) is 31.5 Å². The van der Waals surface area contributed by atoms with Crippen LogP contribution in [-0.2, 0) is 0 Å². The van der Waals surface area contributed by atoms with Gasteiger partial charge in [0.05, 0.1) is 0 Å². The van der Waals surface area contributed by atoms with Crippen molar-refractivity contribution in [3.05, 3.63) is 0 Å². The van der Waals surface area contributed by atoms with Gasteiger partial charge < -0.3 is 4.90 Å². The van der Waals surface area contributed by atoms with Gasteiger partial charge in [0.25, 0.3) is 0 Å². The van der Waals surface area contributed by atoms with Crippen molar-refractivity contribution < 1.29 is 4.39 Å². The Morgan fingerprint density at radius 2 is 1.25 bits per heavy atom. The predicted octanol–water partition coefficient (Wildman–Crippen LogP) is 2.22. The molecule has 0 aliphatic carbocycles. The molecule has 0 aromatic carbocycles. The number of alkyl halides is 1. The number of nitrogens with zero attached hydrogens (tertiary/aromatic N) is 3. The maximum Gasteiger partial charge on any atom is 0.126 e. The summed E-state index contributed by atoms with van der Waals surface area (Å²) in [5, 5.41) is 0. The Bertz CT molecular complexity index is 290. The van der Waals surface area contributed by atoms with Crippen LogP contribution in [0.2, 0.25) is 0 Å². The Hall–Kier alpha value is -0.190. The molecule has 2 fully saturated rings. The SMILES string of the molecule is CC(C)N1CCN(CC2(F)CCN(C(C)C)CC2)CC1. The molecule has 0 spiro atoms. The zero-order valence-electron chi connectivity index (χ0n) is 13.7. The lowest BCUT2D eigenvalue weighted by atomic mass is 9.91. The van der Waals surface area contributed by atoms with E-state index in [1.54, 1.807) is 0 Å². The molecule has 2 rings (SSSR count). The minimum absolute atomic E-state index is 0.550. The molecule has 0 radical (unpaired) electrons. The minimum Gasteiger partial charge on any atom is -0.301 e. The molecule has 2 heterocycles. The van der Waals surface area contributed by atoms with Gasteiger partial charge in [0.1, 0.15) is 5.67 Å². The average Bonchev–Trinajstić information content (AvgIpc) is 2.39. The quantitative estimate of drug-likeness (QED) is 0.784. The van der Waals surface area contributed by atoms with Gasteiger partial charge in [-0.2, -0.15) is 0 Å². The van der Waals surface area contributed by atoms with Crippen molar-refractivity contribution in [2.45, 2.75) is 58.3 Å². The van der Waals surface area contributed by atoms with Crippen molar-refractivity contribution in [1.29, 1.82) is 0 Å². The molecule has 0 saturated carbocycles. The molecule has 0 aromatic heterocycles. The summed E-state index contributed by atoms with van der Waals surface area (Å²) in [4.78, 5) is 7.22. The minimum atomic E-state index is -0.953. The maximum absolute atomic E-state index is 15.0. The fourth-order valence-electron chi connectivity index (χ4n) is 3.44. The number of piperidine rings is 1. The number of hydrogen-bond donors (Lipinski definition) is 0. The monoisotopic (exact) mass is 285 g/mol. The summed E-state index contributed by atoms with van der Waals surface area (Å²) >= 11 is 0. The second kappa shape index (κ2) is 6.71. The smallest absolute Gasteiger partial charge is 0.126 e. The van der Waals surface area contributed by atoms with Crippen LogP contribution in [0.15, 0.2) is 0 Å². The van der Waals surface area contributed by atoms with Gasteiger partial charge in [-0.1, -0.05) is 0 Å². The first-order valence-corrected chi connectivity index (χ1v) is 8.29. The summed E-state index contributed by atoms with van der Waals surface area (Å²) in [6.45, 7) is 15.6. The van der Waals surface area contributed by atoms with E-state index in [1.807, 2.05) is 0 Å². The van der Waals surface area contributed by atoms with E-state index in [-0.39, 0.29) is 0 Å². The van der Waals surface area contributed by atoms with E-state index < -0.39 is 5.67 Å². The van der Waals surface area contributed by atoms with Gasteiger partial charge in [0, 0.05) is 57.9 Å². The number of rotatable bonds is 4. The lowest BCUT2D eigenvalue weighted by Crippen LogP contribution is -2.55. The second-order valence-corrected chi connectivity index (χ2v) is 7.19. The Morgan fingerprint density at radius 1 is 0.800 bits per heavy atom. The first-order valence-electron chi connectivity index (χ1n) is 8.29. The maximum atomic E-state index is 15.0. The van der Waals surface area contributed by atoms with E-state index >= 15 is 0 Å². The van der Waals surface area contributed by atoms with Crippen LogP contribution >= 0.6 is 0 Å². The van der Waals surface area contributed by atoms with Gasteiger partial charge in [-0.3, -0.25) is 9.80 Å². The summed E-state index contributed by atoms with van der Waals surface area (Å²) in [7, 11) is 0. The topological polar surface area (TPSA) is 9.72 Å². The van der Waals surface area contributed by atoms with E-state index in [2.05, 4.69) is 42.4 Å². The first-order chi connectivity index (χ1) is 9.39. The number of piperazine rings is 1. The molecule has 0 atom stereocenters. The average molecular weight is 285 g/mol. The number of likely N-dealkylation sites (tertiary alicyclic amines) is 1. The normalized spacial score (nSPS) is 26.6. The van der Waals surface area contributed by atoms with Crippen molar-refractivity contribution in [3.8, 4) is 0 Å². The fourth-order valence-corrected chi connectivity index (χ4v) is 3.44. The van der Waals surface area contributed by atoms with Crippen LogP contribution in [-0.4, -0.2) is 78.3 Å². The lowest BCUT2D eigenvalue weighted by molar-refractivity contribution is 0.0000436. The third kappa shape index (κ3) is 4.15. The van der Waals surface area contributed by atoms with Crippen LogP contribution in [0, 0.1) is 0 Å². The zero-order chi connectivity index (χ0) is 14.8. The molecule has 2 aliphatic rings. The molecule has 0 amide bonds. The Balaban J connectivity index is 1.77. The van der Waals surface area contributed by atoms with Gasteiger partial charge in [-0.25, -0.2) is 4.39 Å². The molecule has 4 heteroatoms. The summed E-state index contributed by atoms with van der Waals surface area (Å²) in [6.07, 6.45) is 1.41. The van der Waals surface area contributed by atoms with Crippen LogP contribution < -0.4 is 0 Å². The van der Waals surface area contributed by atoms with Crippen LogP contribution in [0.1, 0.15) is 40.5 Å². The molecule has 118 valence electrons. The van der Waals surface area contributed by atoms with Crippen LogP contribution in [0.25, 0.3) is 0 Å². The summed E-state index contributed by atoms with van der Waals surface area (Å²) in [6, 6.07) is 1.17. The zero-order valence-corrected chi connectivity index (χ0v) is 13.7. The van der Waals surface area contributed by atoms with E-state index in [4.69, 9.17) is 0 Å². The van der Waals surface area contributed by atoms with Crippen molar-refractivity contribution in [2.24, 2.45) is 0 Å². The summed E-state index contributed by atoms with van der Waals surface area (Å²) in [5.74, 6) is 0. The molecule has 0 bridgehead atoms. The number of hydrogen-bond acceptors (Lipinski definition) is 3. The highest BCUT2D eigenvalue weighted by atomic mass is 19.1.